The van der Waals surface area contributed by atoms with Crippen molar-refractivity contribution >= 4 is 0 Å². The van der Waals surface area contributed by atoms with Crippen LogP contribution in [0.3, 0.4) is 0 Å². The Kier molecular flexibility index (Phi) is 5.31. The fourth-order valence-corrected chi connectivity index (χ4v) is 2.19. The lowest BCUT2D eigenvalue weighted by Crippen LogP contribution is -2.18. The fourth-order valence-electron chi connectivity index (χ4n) is 2.19. The molecule has 0 heterocycles. The number of aliphatic hydroxyl groups is 1. The Labute approximate surface area is 124 Å². The van der Waals surface area contributed by atoms with Crippen molar-refractivity contribution < 1.29 is 14.2 Å². The highest BCUT2D eigenvalue weighted by molar-refractivity contribution is 5.30. The van der Waals surface area contributed by atoms with Gasteiger partial charge in [-0.1, -0.05) is 24.3 Å². The van der Waals surface area contributed by atoms with Gasteiger partial charge in [0.15, 0.2) is 0 Å². The molecular weight excluding hydrogens is 269 g/mol. The van der Waals surface area contributed by atoms with Gasteiger partial charge in [-0.05, 0) is 35.7 Å². The highest BCUT2D eigenvalue weighted by Crippen LogP contribution is 2.18. The average molecular weight is 289 g/mol. The van der Waals surface area contributed by atoms with Crippen molar-refractivity contribution in [1.29, 1.82) is 0 Å². The van der Waals surface area contributed by atoms with E-state index in [1.807, 2.05) is 37.3 Å². The molecule has 0 bridgehead atoms. The van der Waals surface area contributed by atoms with Crippen molar-refractivity contribution in [2.45, 2.75) is 26.1 Å². The molecule has 1 unspecified atom stereocenters. The maximum absolute atomic E-state index is 13.4. The third kappa shape index (κ3) is 4.28. The molecule has 112 valence electrons. The number of rotatable bonds is 6. The smallest absolute Gasteiger partial charge is 0.127 e. The Morgan fingerprint density at radius 1 is 1.19 bits per heavy atom. The Morgan fingerprint density at radius 2 is 2.00 bits per heavy atom. The third-order valence-electron chi connectivity index (χ3n) is 3.41. The number of hydrogen-bond acceptors (Lipinski definition) is 3. The van der Waals surface area contributed by atoms with Crippen molar-refractivity contribution in [3.63, 3.8) is 0 Å². The van der Waals surface area contributed by atoms with Gasteiger partial charge in [0, 0.05) is 18.7 Å². The van der Waals surface area contributed by atoms with Gasteiger partial charge in [-0.2, -0.15) is 0 Å². The van der Waals surface area contributed by atoms with Crippen LogP contribution in [0.5, 0.6) is 5.75 Å². The van der Waals surface area contributed by atoms with E-state index < -0.39 is 0 Å². The summed E-state index contributed by atoms with van der Waals surface area (Å²) in [6.07, 6.45) is 0. The van der Waals surface area contributed by atoms with E-state index in [-0.39, 0.29) is 18.5 Å². The normalized spacial score (nSPS) is 12.2. The number of nitrogens with one attached hydrogen (secondary N) is 1. The van der Waals surface area contributed by atoms with E-state index in [1.165, 1.54) is 19.2 Å². The van der Waals surface area contributed by atoms with Gasteiger partial charge in [0.2, 0.25) is 0 Å². The number of ether oxygens (including phenoxy) is 1. The van der Waals surface area contributed by atoms with Crippen LogP contribution in [0.15, 0.2) is 42.5 Å². The first kappa shape index (κ1) is 15.5. The third-order valence-corrected chi connectivity index (χ3v) is 3.41. The topological polar surface area (TPSA) is 41.5 Å². The van der Waals surface area contributed by atoms with Crippen molar-refractivity contribution in [2.75, 3.05) is 7.11 Å². The lowest BCUT2D eigenvalue weighted by Gasteiger charge is -2.15. The largest absolute Gasteiger partial charge is 0.497 e. The molecule has 2 N–H and O–H groups in total. The number of aliphatic hydroxyl groups excluding tert-OH is 1. The maximum Gasteiger partial charge on any atom is 0.127 e. The molecule has 0 saturated carbocycles. The van der Waals surface area contributed by atoms with E-state index in [2.05, 4.69) is 5.32 Å². The fraction of sp³-hybridized carbons (Fsp3) is 0.294. The van der Waals surface area contributed by atoms with Crippen LogP contribution in [0, 0.1) is 5.82 Å². The maximum atomic E-state index is 13.4. The highest BCUT2D eigenvalue weighted by Gasteiger charge is 2.07. The summed E-state index contributed by atoms with van der Waals surface area (Å²) in [6, 6.07) is 12.5. The van der Waals surface area contributed by atoms with E-state index in [9.17, 15) is 4.39 Å². The molecule has 21 heavy (non-hydrogen) atoms. The van der Waals surface area contributed by atoms with E-state index in [0.717, 1.165) is 16.7 Å². The zero-order chi connectivity index (χ0) is 15.2. The lowest BCUT2D eigenvalue weighted by molar-refractivity contribution is 0.281. The van der Waals surface area contributed by atoms with Gasteiger partial charge in [0.25, 0.3) is 0 Å². The van der Waals surface area contributed by atoms with Crippen molar-refractivity contribution in [3.05, 3.63) is 65.0 Å². The lowest BCUT2D eigenvalue weighted by atomic mass is 10.1. The molecule has 2 aromatic rings. The summed E-state index contributed by atoms with van der Waals surface area (Å²) in [5.74, 6) is 0.211. The molecule has 0 amide bonds. The van der Waals surface area contributed by atoms with Crippen LogP contribution < -0.4 is 10.1 Å². The minimum absolute atomic E-state index is 0.0294. The summed E-state index contributed by atoms with van der Waals surface area (Å²) in [4.78, 5) is 0. The summed E-state index contributed by atoms with van der Waals surface area (Å²) >= 11 is 0. The predicted octanol–water partition coefficient (Wildman–Crippen LogP) is 3.18. The van der Waals surface area contributed by atoms with E-state index in [1.54, 1.807) is 0 Å². The molecule has 2 rings (SSSR count). The van der Waals surface area contributed by atoms with Crippen LogP contribution in [0.4, 0.5) is 4.39 Å². The van der Waals surface area contributed by atoms with E-state index >= 15 is 0 Å². The van der Waals surface area contributed by atoms with E-state index in [4.69, 9.17) is 9.84 Å². The second kappa shape index (κ2) is 7.20. The minimum atomic E-state index is -0.305. The Morgan fingerprint density at radius 3 is 2.71 bits per heavy atom. The van der Waals surface area contributed by atoms with Crippen LogP contribution in [-0.2, 0) is 13.2 Å². The number of methoxy groups -OCH3 is 1. The molecule has 0 fully saturated rings. The van der Waals surface area contributed by atoms with Crippen molar-refractivity contribution in [1.82, 2.24) is 5.32 Å². The van der Waals surface area contributed by atoms with Gasteiger partial charge in [0.05, 0.1) is 13.7 Å². The molecular formula is C17H20FNO2. The summed E-state index contributed by atoms with van der Waals surface area (Å²) < 4.78 is 18.5. The van der Waals surface area contributed by atoms with Crippen LogP contribution in [0.2, 0.25) is 0 Å². The predicted molar refractivity (Wildman–Crippen MR) is 80.6 cm³/mol. The first-order chi connectivity index (χ1) is 10.1. The quantitative estimate of drug-likeness (QED) is 0.858. The van der Waals surface area contributed by atoms with Gasteiger partial charge >= 0.3 is 0 Å². The highest BCUT2D eigenvalue weighted by atomic mass is 19.1. The molecule has 0 spiro atoms. The Hall–Kier alpha value is -1.91. The number of hydrogen-bond donors (Lipinski definition) is 2. The summed E-state index contributed by atoms with van der Waals surface area (Å²) in [6.45, 7) is 2.60. The Bertz CT molecular complexity index is 601. The van der Waals surface area contributed by atoms with Crippen LogP contribution in [-0.4, -0.2) is 12.2 Å². The summed E-state index contributed by atoms with van der Waals surface area (Å²) in [7, 11) is 1.52. The van der Waals surface area contributed by atoms with Gasteiger partial charge in [-0.3, -0.25) is 0 Å². The summed E-state index contributed by atoms with van der Waals surface area (Å²) in [5, 5.41) is 12.5. The van der Waals surface area contributed by atoms with Gasteiger partial charge in [-0.15, -0.1) is 0 Å². The molecule has 0 aliphatic carbocycles. The van der Waals surface area contributed by atoms with Crippen molar-refractivity contribution in [3.8, 4) is 5.75 Å². The first-order valence-electron chi connectivity index (χ1n) is 6.89. The molecule has 0 aliphatic heterocycles. The van der Waals surface area contributed by atoms with Gasteiger partial charge in [-0.25, -0.2) is 4.39 Å². The molecule has 0 aromatic heterocycles. The molecule has 4 heteroatoms. The van der Waals surface area contributed by atoms with Crippen LogP contribution in [0.25, 0.3) is 0 Å². The van der Waals surface area contributed by atoms with Gasteiger partial charge < -0.3 is 15.2 Å². The standard InChI is InChI=1S/C17H20FNO2/c1-12(15-5-3-4-13(6-15)11-20)19-10-14-7-16(18)9-17(8-14)21-2/h3-9,12,19-20H,10-11H2,1-2H3. The Balaban J connectivity index is 2.03. The van der Waals surface area contributed by atoms with E-state index in [0.29, 0.717) is 12.3 Å². The van der Waals surface area contributed by atoms with Crippen molar-refractivity contribution in [2.24, 2.45) is 0 Å². The van der Waals surface area contributed by atoms with Crippen LogP contribution >= 0.6 is 0 Å². The minimum Gasteiger partial charge on any atom is -0.497 e. The molecule has 3 nitrogen and oxygen atoms in total. The SMILES string of the molecule is COc1cc(F)cc(CNC(C)c2cccc(CO)c2)c1. The number of benzene rings is 2. The molecule has 0 radical (unpaired) electrons. The second-order valence-electron chi connectivity index (χ2n) is 5.01. The van der Waals surface area contributed by atoms with Gasteiger partial charge in [0.1, 0.15) is 11.6 Å². The summed E-state index contributed by atoms with van der Waals surface area (Å²) in [5.41, 5.74) is 2.80. The first-order valence-corrected chi connectivity index (χ1v) is 6.89. The molecule has 0 saturated heterocycles. The monoisotopic (exact) mass is 289 g/mol. The average Bonchev–Trinajstić information content (AvgIpc) is 2.52. The number of halogens is 1. The molecule has 1 atom stereocenters. The zero-order valence-corrected chi connectivity index (χ0v) is 12.3. The second-order valence-corrected chi connectivity index (χ2v) is 5.01. The molecule has 2 aromatic carbocycles. The van der Waals surface area contributed by atoms with Crippen LogP contribution in [0.1, 0.15) is 29.7 Å². The molecule has 0 aliphatic rings. The zero-order valence-electron chi connectivity index (χ0n) is 12.3.